The van der Waals surface area contributed by atoms with Crippen LogP contribution in [0.25, 0.3) is 0 Å². The molecule has 3 N–H and O–H groups in total. The fourth-order valence-electron chi connectivity index (χ4n) is 1.70. The third-order valence-electron chi connectivity index (χ3n) is 3.06. The molecule has 0 aliphatic carbocycles. The molecule has 0 bridgehead atoms. The van der Waals surface area contributed by atoms with E-state index in [2.05, 4.69) is 26.1 Å². The van der Waals surface area contributed by atoms with Gasteiger partial charge in [-0.25, -0.2) is 4.79 Å². The Bertz CT molecular complexity index is 262. The summed E-state index contributed by atoms with van der Waals surface area (Å²) in [6, 6.07) is 0.282. The number of rotatable bonds is 3. The van der Waals surface area contributed by atoms with Crippen molar-refractivity contribution in [3.05, 3.63) is 0 Å². The van der Waals surface area contributed by atoms with E-state index < -0.39 is 0 Å². The summed E-state index contributed by atoms with van der Waals surface area (Å²) in [5.41, 5.74) is 5.83. The number of carbonyl (C=O) groups is 1. The summed E-state index contributed by atoms with van der Waals surface area (Å²) in [7, 11) is 0. The van der Waals surface area contributed by atoms with Gasteiger partial charge in [-0.15, -0.1) is 0 Å². The molecule has 4 heteroatoms. The molecular weight excluding hydrogens is 202 g/mol. The van der Waals surface area contributed by atoms with Gasteiger partial charge in [-0.2, -0.15) is 0 Å². The number of hydrogen-bond acceptors (Lipinski definition) is 2. The molecule has 4 nitrogen and oxygen atoms in total. The molecule has 1 atom stereocenters. The second kappa shape index (κ2) is 4.24. The maximum Gasteiger partial charge on any atom is 0.317 e. The maximum absolute atomic E-state index is 11.7. The Morgan fingerprint density at radius 2 is 1.94 bits per heavy atom. The van der Waals surface area contributed by atoms with Crippen molar-refractivity contribution in [3.8, 4) is 0 Å². The molecule has 1 heterocycles. The van der Waals surface area contributed by atoms with Gasteiger partial charge in [0.2, 0.25) is 0 Å². The molecule has 1 rings (SSSR count). The SMILES string of the molecule is CC(C)(N)CCN1CC(C(C)(C)C)NC1=O. The normalized spacial score (nSPS) is 22.5. The van der Waals surface area contributed by atoms with Crippen molar-refractivity contribution in [1.82, 2.24) is 10.2 Å². The van der Waals surface area contributed by atoms with Crippen LogP contribution in [0, 0.1) is 5.41 Å². The predicted molar refractivity (Wildman–Crippen MR) is 66.2 cm³/mol. The zero-order valence-corrected chi connectivity index (χ0v) is 11.1. The Morgan fingerprint density at radius 3 is 2.31 bits per heavy atom. The monoisotopic (exact) mass is 227 g/mol. The summed E-state index contributed by atoms with van der Waals surface area (Å²) in [5, 5.41) is 3.03. The zero-order chi connectivity index (χ0) is 12.6. The Labute approximate surface area is 98.6 Å². The maximum atomic E-state index is 11.7. The number of carbonyl (C=O) groups excluding carboxylic acids is 1. The van der Waals surface area contributed by atoms with Crippen molar-refractivity contribution in [3.63, 3.8) is 0 Å². The van der Waals surface area contributed by atoms with Crippen LogP contribution in [0.2, 0.25) is 0 Å². The smallest absolute Gasteiger partial charge is 0.317 e. The fraction of sp³-hybridized carbons (Fsp3) is 0.917. The Hall–Kier alpha value is -0.770. The molecule has 1 fully saturated rings. The summed E-state index contributed by atoms with van der Waals surface area (Å²) in [4.78, 5) is 13.6. The highest BCUT2D eigenvalue weighted by Crippen LogP contribution is 2.24. The molecule has 16 heavy (non-hydrogen) atoms. The molecular formula is C12H25N3O. The lowest BCUT2D eigenvalue weighted by Crippen LogP contribution is -2.38. The first-order valence-electron chi connectivity index (χ1n) is 5.94. The van der Waals surface area contributed by atoms with E-state index >= 15 is 0 Å². The van der Waals surface area contributed by atoms with E-state index in [0.717, 1.165) is 19.5 Å². The average Bonchev–Trinajstić information content (AvgIpc) is 2.41. The number of nitrogens with one attached hydrogen (secondary N) is 1. The lowest BCUT2D eigenvalue weighted by Gasteiger charge is -2.26. The molecule has 2 amide bonds. The summed E-state index contributed by atoms with van der Waals surface area (Å²) < 4.78 is 0. The van der Waals surface area contributed by atoms with Crippen LogP contribution >= 0.6 is 0 Å². The first-order valence-corrected chi connectivity index (χ1v) is 5.94. The van der Waals surface area contributed by atoms with E-state index in [0.29, 0.717) is 0 Å². The second-order valence-electron chi connectivity index (χ2n) is 6.55. The highest BCUT2D eigenvalue weighted by molar-refractivity contribution is 5.77. The number of nitrogens with zero attached hydrogens (tertiary/aromatic N) is 1. The van der Waals surface area contributed by atoms with Crippen molar-refractivity contribution in [2.24, 2.45) is 11.1 Å². The minimum atomic E-state index is -0.208. The van der Waals surface area contributed by atoms with E-state index in [9.17, 15) is 4.79 Å². The standard InChI is InChI=1S/C12H25N3O/c1-11(2,3)9-8-15(10(16)14-9)7-6-12(4,5)13/h9H,6-8,13H2,1-5H3,(H,14,16). The zero-order valence-electron chi connectivity index (χ0n) is 11.1. The van der Waals surface area contributed by atoms with Gasteiger partial charge in [0.1, 0.15) is 0 Å². The lowest BCUT2D eigenvalue weighted by molar-refractivity contribution is 0.213. The topological polar surface area (TPSA) is 58.4 Å². The van der Waals surface area contributed by atoms with Crippen molar-refractivity contribution in [2.75, 3.05) is 13.1 Å². The van der Waals surface area contributed by atoms with Crippen LogP contribution in [0.5, 0.6) is 0 Å². The number of amides is 2. The van der Waals surface area contributed by atoms with Crippen LogP contribution in [-0.4, -0.2) is 35.6 Å². The van der Waals surface area contributed by atoms with Gasteiger partial charge < -0.3 is 16.0 Å². The van der Waals surface area contributed by atoms with Crippen LogP contribution in [-0.2, 0) is 0 Å². The summed E-state index contributed by atoms with van der Waals surface area (Å²) in [6.45, 7) is 11.9. The van der Waals surface area contributed by atoms with Crippen LogP contribution in [0.3, 0.4) is 0 Å². The summed E-state index contributed by atoms with van der Waals surface area (Å²) in [6.07, 6.45) is 0.831. The van der Waals surface area contributed by atoms with E-state index in [1.54, 1.807) is 0 Å². The molecule has 0 saturated carbocycles. The minimum Gasteiger partial charge on any atom is -0.333 e. The van der Waals surface area contributed by atoms with Crippen LogP contribution in [0.1, 0.15) is 41.0 Å². The average molecular weight is 227 g/mol. The molecule has 1 unspecified atom stereocenters. The van der Waals surface area contributed by atoms with Crippen molar-refractivity contribution < 1.29 is 4.79 Å². The number of hydrogen-bond donors (Lipinski definition) is 2. The fourth-order valence-corrected chi connectivity index (χ4v) is 1.70. The van der Waals surface area contributed by atoms with Crippen molar-refractivity contribution in [1.29, 1.82) is 0 Å². The highest BCUT2D eigenvalue weighted by Gasteiger charge is 2.36. The Kier molecular flexibility index (Phi) is 3.53. The summed E-state index contributed by atoms with van der Waals surface area (Å²) >= 11 is 0. The van der Waals surface area contributed by atoms with Crippen molar-refractivity contribution >= 4 is 6.03 Å². The molecule has 0 spiro atoms. The van der Waals surface area contributed by atoms with Gasteiger partial charge in [0, 0.05) is 18.6 Å². The van der Waals surface area contributed by atoms with Crippen LogP contribution < -0.4 is 11.1 Å². The molecule has 1 aliphatic heterocycles. The quantitative estimate of drug-likeness (QED) is 0.768. The molecule has 1 aliphatic rings. The first kappa shape index (κ1) is 13.3. The molecule has 0 aromatic heterocycles. The highest BCUT2D eigenvalue weighted by atomic mass is 16.2. The van der Waals surface area contributed by atoms with Gasteiger partial charge in [-0.05, 0) is 25.7 Å². The van der Waals surface area contributed by atoms with E-state index in [1.165, 1.54) is 0 Å². The van der Waals surface area contributed by atoms with Gasteiger partial charge >= 0.3 is 6.03 Å². The molecule has 0 radical (unpaired) electrons. The largest absolute Gasteiger partial charge is 0.333 e. The molecule has 0 aromatic rings. The molecule has 0 aromatic carbocycles. The van der Waals surface area contributed by atoms with Gasteiger partial charge in [-0.1, -0.05) is 20.8 Å². The van der Waals surface area contributed by atoms with Crippen LogP contribution in [0.4, 0.5) is 4.79 Å². The van der Waals surface area contributed by atoms with Crippen LogP contribution in [0.15, 0.2) is 0 Å². The van der Waals surface area contributed by atoms with Crippen molar-refractivity contribution in [2.45, 2.75) is 52.6 Å². The van der Waals surface area contributed by atoms with E-state index in [4.69, 9.17) is 5.73 Å². The van der Waals surface area contributed by atoms with Gasteiger partial charge in [0.05, 0.1) is 6.04 Å². The number of urea groups is 1. The lowest BCUT2D eigenvalue weighted by atomic mass is 9.87. The first-order chi connectivity index (χ1) is 7.09. The van der Waals surface area contributed by atoms with Gasteiger partial charge in [-0.3, -0.25) is 0 Å². The summed E-state index contributed by atoms with van der Waals surface area (Å²) in [5.74, 6) is 0. The molecule has 1 saturated heterocycles. The number of nitrogens with two attached hydrogens (primary N) is 1. The van der Waals surface area contributed by atoms with E-state index in [1.807, 2.05) is 18.7 Å². The van der Waals surface area contributed by atoms with Gasteiger partial charge in [0.25, 0.3) is 0 Å². The van der Waals surface area contributed by atoms with E-state index in [-0.39, 0.29) is 23.0 Å². The molecule has 94 valence electrons. The Morgan fingerprint density at radius 1 is 1.38 bits per heavy atom. The third kappa shape index (κ3) is 3.67. The minimum absolute atomic E-state index is 0.0455. The van der Waals surface area contributed by atoms with Gasteiger partial charge in [0.15, 0.2) is 0 Å². The second-order valence-corrected chi connectivity index (χ2v) is 6.55. The third-order valence-corrected chi connectivity index (χ3v) is 3.06. The predicted octanol–water partition coefficient (Wildman–Crippen LogP) is 1.55. The Balaban J connectivity index is 2.50.